The molecule has 2 rings (SSSR count). The maximum Gasteiger partial charge on any atom is 0.306 e. The number of aliphatic carboxylic acids is 1. The summed E-state index contributed by atoms with van der Waals surface area (Å²) in [6.07, 6.45) is 1.62. The third kappa shape index (κ3) is 2.87. The first kappa shape index (κ1) is 15.0. The van der Waals surface area contributed by atoms with Crippen molar-refractivity contribution in [3.8, 4) is 5.75 Å². The van der Waals surface area contributed by atoms with Gasteiger partial charge >= 0.3 is 5.97 Å². The van der Waals surface area contributed by atoms with Crippen LogP contribution in [0, 0.1) is 18.8 Å². The van der Waals surface area contributed by atoms with Crippen LogP contribution in [0.1, 0.15) is 35.2 Å². The molecular weight excluding hydrogens is 324 g/mol. The largest absolute Gasteiger partial charge is 0.496 e. The SMILES string of the molecule is COc1cc(C)c(Br)cc1C(=O)C1CCC(C(=O)O)C1. The van der Waals surface area contributed by atoms with E-state index in [4.69, 9.17) is 9.84 Å². The van der Waals surface area contributed by atoms with Crippen LogP contribution in [0.5, 0.6) is 5.75 Å². The van der Waals surface area contributed by atoms with Crippen molar-refractivity contribution in [1.29, 1.82) is 0 Å². The lowest BCUT2D eigenvalue weighted by Gasteiger charge is -2.14. The van der Waals surface area contributed by atoms with Crippen LogP contribution in [-0.4, -0.2) is 24.0 Å². The summed E-state index contributed by atoms with van der Waals surface area (Å²) in [4.78, 5) is 23.5. The molecule has 1 N–H and O–H groups in total. The zero-order valence-corrected chi connectivity index (χ0v) is 13.1. The Balaban J connectivity index is 2.26. The molecule has 0 amide bonds. The molecule has 0 aliphatic heterocycles. The minimum absolute atomic E-state index is 0.0219. The Morgan fingerprint density at radius 2 is 1.95 bits per heavy atom. The lowest BCUT2D eigenvalue weighted by atomic mass is 9.94. The molecule has 20 heavy (non-hydrogen) atoms. The Morgan fingerprint density at radius 3 is 2.50 bits per heavy atom. The standard InChI is InChI=1S/C15H17BrO4/c1-8-5-13(20-2)11(7-12(8)16)14(17)9-3-4-10(6-9)15(18)19/h5,7,9-10H,3-4,6H2,1-2H3,(H,18,19). The normalized spacial score (nSPS) is 21.8. The number of rotatable bonds is 4. The van der Waals surface area contributed by atoms with Crippen molar-refractivity contribution in [1.82, 2.24) is 0 Å². The first-order valence-electron chi connectivity index (χ1n) is 6.55. The summed E-state index contributed by atoms with van der Waals surface area (Å²) in [7, 11) is 1.54. The van der Waals surface area contributed by atoms with Gasteiger partial charge in [-0.25, -0.2) is 0 Å². The maximum atomic E-state index is 12.6. The predicted molar refractivity (Wildman–Crippen MR) is 78.2 cm³/mol. The van der Waals surface area contributed by atoms with Gasteiger partial charge in [0.15, 0.2) is 5.78 Å². The van der Waals surface area contributed by atoms with Crippen molar-refractivity contribution < 1.29 is 19.4 Å². The first-order valence-corrected chi connectivity index (χ1v) is 7.34. The number of carbonyl (C=O) groups is 2. The fourth-order valence-corrected chi connectivity index (χ4v) is 3.02. The highest BCUT2D eigenvalue weighted by Crippen LogP contribution is 2.36. The molecular formula is C15H17BrO4. The summed E-state index contributed by atoms with van der Waals surface area (Å²) in [5.41, 5.74) is 1.52. The van der Waals surface area contributed by atoms with Gasteiger partial charge in [-0.1, -0.05) is 15.9 Å². The lowest BCUT2D eigenvalue weighted by molar-refractivity contribution is -0.141. The van der Waals surface area contributed by atoms with E-state index in [0.29, 0.717) is 30.6 Å². The summed E-state index contributed by atoms with van der Waals surface area (Å²) in [5, 5.41) is 9.02. The smallest absolute Gasteiger partial charge is 0.306 e. The molecule has 0 bridgehead atoms. The van der Waals surface area contributed by atoms with Crippen molar-refractivity contribution in [2.45, 2.75) is 26.2 Å². The molecule has 1 aliphatic carbocycles. The monoisotopic (exact) mass is 340 g/mol. The van der Waals surface area contributed by atoms with E-state index in [9.17, 15) is 9.59 Å². The zero-order valence-electron chi connectivity index (χ0n) is 11.5. The van der Waals surface area contributed by atoms with Gasteiger partial charge in [0.05, 0.1) is 18.6 Å². The van der Waals surface area contributed by atoms with Gasteiger partial charge < -0.3 is 9.84 Å². The Bertz CT molecular complexity index is 553. The van der Waals surface area contributed by atoms with Gasteiger partial charge in [-0.2, -0.15) is 0 Å². The number of ether oxygens (including phenoxy) is 1. The van der Waals surface area contributed by atoms with E-state index in [0.717, 1.165) is 10.0 Å². The number of hydrogen-bond acceptors (Lipinski definition) is 3. The summed E-state index contributed by atoms with van der Waals surface area (Å²) in [6.45, 7) is 1.93. The van der Waals surface area contributed by atoms with Crippen molar-refractivity contribution in [3.63, 3.8) is 0 Å². The number of hydrogen-bond donors (Lipinski definition) is 1. The van der Waals surface area contributed by atoms with Crippen LogP contribution in [-0.2, 0) is 4.79 Å². The number of carboxylic acid groups (broad SMARTS) is 1. The first-order chi connectivity index (χ1) is 9.43. The molecule has 1 saturated carbocycles. The Hall–Kier alpha value is -1.36. The van der Waals surface area contributed by atoms with Crippen molar-refractivity contribution in [3.05, 3.63) is 27.7 Å². The molecule has 0 aromatic heterocycles. The van der Waals surface area contributed by atoms with E-state index in [2.05, 4.69) is 15.9 Å². The van der Waals surface area contributed by atoms with Crippen molar-refractivity contribution in [2.24, 2.45) is 11.8 Å². The van der Waals surface area contributed by atoms with Crippen LogP contribution in [0.3, 0.4) is 0 Å². The highest BCUT2D eigenvalue weighted by molar-refractivity contribution is 9.10. The van der Waals surface area contributed by atoms with E-state index in [1.807, 2.05) is 13.0 Å². The van der Waals surface area contributed by atoms with Gasteiger partial charge in [-0.05, 0) is 43.9 Å². The van der Waals surface area contributed by atoms with Gasteiger partial charge in [0.1, 0.15) is 5.75 Å². The van der Waals surface area contributed by atoms with E-state index < -0.39 is 11.9 Å². The molecule has 0 heterocycles. The Morgan fingerprint density at radius 1 is 1.30 bits per heavy atom. The van der Waals surface area contributed by atoms with E-state index in [1.54, 1.807) is 6.07 Å². The molecule has 1 aromatic carbocycles. The molecule has 1 fully saturated rings. The number of Topliss-reactive ketones (excluding diaryl/α,β-unsaturated/α-hetero) is 1. The van der Waals surface area contributed by atoms with E-state index in [-0.39, 0.29) is 11.7 Å². The van der Waals surface area contributed by atoms with Crippen molar-refractivity contribution in [2.75, 3.05) is 7.11 Å². The molecule has 0 radical (unpaired) electrons. The topological polar surface area (TPSA) is 63.6 Å². The molecule has 2 unspecified atom stereocenters. The van der Waals surface area contributed by atoms with Gasteiger partial charge in [-0.3, -0.25) is 9.59 Å². The number of carbonyl (C=O) groups excluding carboxylic acids is 1. The highest BCUT2D eigenvalue weighted by Gasteiger charge is 2.35. The van der Waals surface area contributed by atoms with Crippen LogP contribution >= 0.6 is 15.9 Å². The number of carboxylic acids is 1. The predicted octanol–water partition coefficient (Wildman–Crippen LogP) is 3.45. The summed E-state index contributed by atoms with van der Waals surface area (Å²) >= 11 is 3.42. The van der Waals surface area contributed by atoms with Crippen LogP contribution in [0.4, 0.5) is 0 Å². The number of benzene rings is 1. The minimum atomic E-state index is -0.808. The summed E-state index contributed by atoms with van der Waals surface area (Å²) < 4.78 is 6.13. The molecule has 1 aromatic rings. The quantitative estimate of drug-likeness (QED) is 0.852. The van der Waals surface area contributed by atoms with Crippen LogP contribution in [0.15, 0.2) is 16.6 Å². The van der Waals surface area contributed by atoms with Crippen molar-refractivity contribution >= 4 is 27.7 Å². The second kappa shape index (κ2) is 5.95. The lowest BCUT2D eigenvalue weighted by Crippen LogP contribution is -2.15. The average molecular weight is 341 g/mol. The Labute approximate surface area is 126 Å². The maximum absolute atomic E-state index is 12.6. The average Bonchev–Trinajstić information content (AvgIpc) is 2.90. The third-order valence-corrected chi connectivity index (χ3v) is 4.75. The number of ketones is 1. The fourth-order valence-electron chi connectivity index (χ4n) is 2.68. The van der Waals surface area contributed by atoms with E-state index >= 15 is 0 Å². The van der Waals surface area contributed by atoms with Gasteiger partial charge in [-0.15, -0.1) is 0 Å². The van der Waals surface area contributed by atoms with Crippen LogP contribution in [0.2, 0.25) is 0 Å². The molecule has 108 valence electrons. The number of halogens is 1. The summed E-state index contributed by atoms with van der Waals surface area (Å²) in [6, 6.07) is 3.59. The minimum Gasteiger partial charge on any atom is -0.496 e. The van der Waals surface area contributed by atoms with Crippen LogP contribution in [0.25, 0.3) is 0 Å². The van der Waals surface area contributed by atoms with E-state index in [1.165, 1.54) is 7.11 Å². The molecule has 5 heteroatoms. The van der Waals surface area contributed by atoms with Gasteiger partial charge in [0.2, 0.25) is 0 Å². The van der Waals surface area contributed by atoms with Gasteiger partial charge in [0.25, 0.3) is 0 Å². The molecule has 1 aliphatic rings. The molecule has 2 atom stereocenters. The number of methoxy groups -OCH3 is 1. The second-order valence-corrected chi connectivity index (χ2v) is 6.07. The second-order valence-electron chi connectivity index (χ2n) is 5.21. The summed E-state index contributed by atoms with van der Waals surface area (Å²) in [5.74, 6) is -0.901. The highest BCUT2D eigenvalue weighted by atomic mass is 79.9. The van der Waals surface area contributed by atoms with Crippen LogP contribution < -0.4 is 4.74 Å². The Kier molecular flexibility index (Phi) is 4.48. The number of aryl methyl sites for hydroxylation is 1. The molecule has 0 saturated heterocycles. The fraction of sp³-hybridized carbons (Fsp3) is 0.467. The van der Waals surface area contributed by atoms with Gasteiger partial charge in [0, 0.05) is 10.4 Å². The zero-order chi connectivity index (χ0) is 14.9. The molecule has 4 nitrogen and oxygen atoms in total. The molecule has 0 spiro atoms. The third-order valence-electron chi connectivity index (χ3n) is 3.90.